The first kappa shape index (κ1) is 12.7. The van der Waals surface area contributed by atoms with Crippen LogP contribution in [0.15, 0.2) is 17.2 Å². The van der Waals surface area contributed by atoms with E-state index in [1.54, 1.807) is 17.0 Å². The number of aromatic nitrogens is 2. The fourth-order valence-corrected chi connectivity index (χ4v) is 2.91. The van der Waals surface area contributed by atoms with Crippen molar-refractivity contribution in [2.24, 2.45) is 11.3 Å². The van der Waals surface area contributed by atoms with Crippen LogP contribution in [-0.4, -0.2) is 16.1 Å². The van der Waals surface area contributed by atoms with Crippen molar-refractivity contribution in [3.63, 3.8) is 0 Å². The van der Waals surface area contributed by atoms with Gasteiger partial charge in [0.05, 0.1) is 0 Å². The van der Waals surface area contributed by atoms with E-state index < -0.39 is 0 Å². The minimum absolute atomic E-state index is 0.0124. The molecule has 0 aliphatic heterocycles. The summed E-state index contributed by atoms with van der Waals surface area (Å²) in [5, 5.41) is 3.31. The van der Waals surface area contributed by atoms with Crippen LogP contribution in [0.4, 0.5) is 5.82 Å². The van der Waals surface area contributed by atoms with Crippen molar-refractivity contribution in [2.75, 3.05) is 11.9 Å². The Morgan fingerprint density at radius 3 is 2.63 bits per heavy atom. The number of nitrogens with one attached hydrogen (secondary N) is 1. The lowest BCUT2D eigenvalue weighted by Gasteiger charge is -2.23. The van der Waals surface area contributed by atoms with Gasteiger partial charge in [-0.25, -0.2) is 4.98 Å². The van der Waals surface area contributed by atoms with Gasteiger partial charge >= 0.3 is 0 Å². The summed E-state index contributed by atoms with van der Waals surface area (Å²) in [5.41, 5.74) is 0.266. The summed E-state index contributed by atoms with van der Waals surface area (Å²) in [5.74, 6) is 1.40. The molecule has 2 fully saturated rings. The van der Waals surface area contributed by atoms with Crippen LogP contribution in [0.3, 0.4) is 0 Å². The highest BCUT2D eigenvalue weighted by Crippen LogP contribution is 2.61. The van der Waals surface area contributed by atoms with Gasteiger partial charge in [0.25, 0.3) is 5.56 Å². The fraction of sp³-hybridized carbons (Fsp3) is 0.733. The number of anilines is 1. The van der Waals surface area contributed by atoms with Crippen LogP contribution < -0.4 is 10.9 Å². The summed E-state index contributed by atoms with van der Waals surface area (Å²) in [6.45, 7) is 7.01. The van der Waals surface area contributed by atoms with Gasteiger partial charge in [0.2, 0.25) is 0 Å². The van der Waals surface area contributed by atoms with E-state index in [1.807, 2.05) is 20.8 Å². The zero-order valence-electron chi connectivity index (χ0n) is 12.1. The Morgan fingerprint density at radius 2 is 2.11 bits per heavy atom. The van der Waals surface area contributed by atoms with E-state index in [1.165, 1.54) is 25.7 Å². The molecule has 0 radical (unpaired) electrons. The molecule has 4 heteroatoms. The Hall–Kier alpha value is -1.32. The Kier molecular flexibility index (Phi) is 2.73. The molecule has 0 aromatic carbocycles. The van der Waals surface area contributed by atoms with Gasteiger partial charge in [-0.05, 0) is 57.8 Å². The van der Waals surface area contributed by atoms with Crippen LogP contribution in [0.1, 0.15) is 46.5 Å². The van der Waals surface area contributed by atoms with E-state index in [2.05, 4.69) is 10.3 Å². The second kappa shape index (κ2) is 4.09. The van der Waals surface area contributed by atoms with Crippen molar-refractivity contribution in [2.45, 2.75) is 52.0 Å². The van der Waals surface area contributed by atoms with Crippen molar-refractivity contribution < 1.29 is 0 Å². The molecule has 4 nitrogen and oxygen atoms in total. The molecular weight excluding hydrogens is 238 g/mol. The summed E-state index contributed by atoms with van der Waals surface area (Å²) in [6.07, 6.45) is 8.84. The molecule has 19 heavy (non-hydrogen) atoms. The Balaban J connectivity index is 1.76. The van der Waals surface area contributed by atoms with Crippen LogP contribution in [0.2, 0.25) is 0 Å². The molecule has 1 heterocycles. The lowest BCUT2D eigenvalue weighted by Crippen LogP contribution is -2.35. The van der Waals surface area contributed by atoms with Gasteiger partial charge in [0.15, 0.2) is 5.82 Å². The molecule has 0 amide bonds. The van der Waals surface area contributed by atoms with Gasteiger partial charge in [0, 0.05) is 24.5 Å². The Bertz CT molecular complexity index is 533. The number of nitrogens with zero attached hydrogens (tertiary/aromatic N) is 2. The van der Waals surface area contributed by atoms with Crippen molar-refractivity contribution in [1.82, 2.24) is 9.55 Å². The second-order valence-corrected chi connectivity index (χ2v) is 7.11. The van der Waals surface area contributed by atoms with Gasteiger partial charge in [-0.1, -0.05) is 0 Å². The molecule has 2 aliphatic carbocycles. The molecule has 1 aromatic rings. The van der Waals surface area contributed by atoms with Gasteiger partial charge in [-0.15, -0.1) is 0 Å². The highest BCUT2D eigenvalue weighted by molar-refractivity contribution is 5.32. The predicted octanol–water partition coefficient (Wildman–Crippen LogP) is 2.60. The molecule has 0 spiro atoms. The first-order valence-corrected chi connectivity index (χ1v) is 7.24. The molecule has 0 bridgehead atoms. The third-order valence-corrected chi connectivity index (χ3v) is 4.51. The van der Waals surface area contributed by atoms with E-state index in [4.69, 9.17) is 0 Å². The zero-order chi connectivity index (χ0) is 13.7. The number of rotatable bonds is 4. The van der Waals surface area contributed by atoms with E-state index in [9.17, 15) is 4.79 Å². The quantitative estimate of drug-likeness (QED) is 0.906. The average Bonchev–Trinajstić information content (AvgIpc) is 3.19. The molecule has 0 atom stereocenters. The first-order chi connectivity index (χ1) is 8.92. The molecule has 2 aliphatic rings. The fourth-order valence-electron chi connectivity index (χ4n) is 2.91. The zero-order valence-corrected chi connectivity index (χ0v) is 12.1. The summed E-state index contributed by atoms with van der Waals surface area (Å²) in [4.78, 5) is 16.6. The highest BCUT2D eigenvalue weighted by Gasteiger charge is 2.53. The van der Waals surface area contributed by atoms with Crippen molar-refractivity contribution in [1.29, 1.82) is 0 Å². The summed E-state index contributed by atoms with van der Waals surface area (Å²) < 4.78 is 1.75. The standard InChI is InChI=1S/C15H23N3O/c1-14(2,3)18-9-8-16-12(13(18)19)17-10-15(6-7-15)11-4-5-11/h8-9,11H,4-7,10H2,1-3H3,(H,16,17). The molecule has 0 saturated heterocycles. The average molecular weight is 261 g/mol. The van der Waals surface area contributed by atoms with E-state index in [0.717, 1.165) is 12.5 Å². The summed E-state index contributed by atoms with van der Waals surface area (Å²) in [7, 11) is 0. The predicted molar refractivity (Wildman–Crippen MR) is 76.4 cm³/mol. The van der Waals surface area contributed by atoms with Crippen LogP contribution >= 0.6 is 0 Å². The van der Waals surface area contributed by atoms with E-state index in [-0.39, 0.29) is 11.1 Å². The van der Waals surface area contributed by atoms with Crippen LogP contribution in [0.5, 0.6) is 0 Å². The smallest absolute Gasteiger partial charge is 0.293 e. The monoisotopic (exact) mass is 261 g/mol. The molecule has 104 valence electrons. The SMILES string of the molecule is CC(C)(C)n1ccnc(NCC2(C3CC3)CC2)c1=O. The van der Waals surface area contributed by atoms with Gasteiger partial charge in [0.1, 0.15) is 0 Å². The first-order valence-electron chi connectivity index (χ1n) is 7.24. The second-order valence-electron chi connectivity index (χ2n) is 7.11. The van der Waals surface area contributed by atoms with Gasteiger partial charge in [-0.2, -0.15) is 0 Å². The normalized spacial score (nSPS) is 21.2. The third kappa shape index (κ3) is 2.40. The molecule has 2 saturated carbocycles. The van der Waals surface area contributed by atoms with Crippen molar-refractivity contribution >= 4 is 5.82 Å². The Labute approximate surface area is 114 Å². The van der Waals surface area contributed by atoms with Gasteiger partial charge in [-0.3, -0.25) is 4.79 Å². The topological polar surface area (TPSA) is 46.9 Å². The van der Waals surface area contributed by atoms with Gasteiger partial charge < -0.3 is 9.88 Å². The van der Waals surface area contributed by atoms with Crippen molar-refractivity contribution in [3.8, 4) is 0 Å². The highest BCUT2D eigenvalue weighted by atomic mass is 16.1. The minimum atomic E-state index is -0.204. The molecule has 1 N–H and O–H groups in total. The van der Waals surface area contributed by atoms with Crippen LogP contribution in [0, 0.1) is 11.3 Å². The summed E-state index contributed by atoms with van der Waals surface area (Å²) in [6, 6.07) is 0. The Morgan fingerprint density at radius 1 is 1.42 bits per heavy atom. The molecule has 1 aromatic heterocycles. The molecule has 3 rings (SSSR count). The maximum absolute atomic E-state index is 12.4. The third-order valence-electron chi connectivity index (χ3n) is 4.51. The summed E-state index contributed by atoms with van der Waals surface area (Å²) >= 11 is 0. The largest absolute Gasteiger partial charge is 0.365 e. The lowest BCUT2D eigenvalue weighted by atomic mass is 10.0. The van der Waals surface area contributed by atoms with E-state index in [0.29, 0.717) is 11.2 Å². The number of hydrogen-bond acceptors (Lipinski definition) is 3. The lowest BCUT2D eigenvalue weighted by molar-refractivity contribution is 0.382. The molecule has 0 unspecified atom stereocenters. The van der Waals surface area contributed by atoms with Crippen LogP contribution in [-0.2, 0) is 5.54 Å². The number of hydrogen-bond donors (Lipinski definition) is 1. The van der Waals surface area contributed by atoms with Crippen LogP contribution in [0.25, 0.3) is 0 Å². The van der Waals surface area contributed by atoms with E-state index >= 15 is 0 Å². The molecular formula is C15H23N3O. The minimum Gasteiger partial charge on any atom is -0.365 e. The van der Waals surface area contributed by atoms with Crippen molar-refractivity contribution in [3.05, 3.63) is 22.7 Å². The maximum atomic E-state index is 12.4. The maximum Gasteiger partial charge on any atom is 0.293 e.